The highest BCUT2D eigenvalue weighted by Gasteiger charge is 2.35. The summed E-state index contributed by atoms with van der Waals surface area (Å²) in [6, 6.07) is 16.3. The zero-order valence-corrected chi connectivity index (χ0v) is 18.5. The van der Waals surface area contributed by atoms with Gasteiger partial charge in [-0.15, -0.1) is 0 Å². The Bertz CT molecular complexity index is 1070. The largest absolute Gasteiger partial charge is 0.381 e. The van der Waals surface area contributed by atoms with Crippen LogP contribution in [0.2, 0.25) is 0 Å². The van der Waals surface area contributed by atoms with Crippen LogP contribution >= 0.6 is 0 Å². The fourth-order valence-corrected chi connectivity index (χ4v) is 4.38. The van der Waals surface area contributed by atoms with Gasteiger partial charge >= 0.3 is 6.03 Å². The number of ether oxygens (including phenoxy) is 1. The van der Waals surface area contributed by atoms with Crippen molar-refractivity contribution in [1.82, 2.24) is 20.4 Å². The van der Waals surface area contributed by atoms with E-state index in [4.69, 9.17) is 4.74 Å². The molecule has 168 valence electrons. The number of carbonyl (C=O) groups is 1. The van der Waals surface area contributed by atoms with E-state index < -0.39 is 0 Å². The monoisotopic (exact) mass is 436 g/mol. The Balaban J connectivity index is 1.41. The van der Waals surface area contributed by atoms with Crippen molar-refractivity contribution in [3.63, 3.8) is 0 Å². The van der Waals surface area contributed by atoms with Gasteiger partial charge in [0.15, 0.2) is 0 Å². The van der Waals surface area contributed by atoms with Crippen molar-refractivity contribution in [3.05, 3.63) is 82.9 Å². The summed E-state index contributed by atoms with van der Waals surface area (Å²) >= 11 is 0. The second-order valence-electron chi connectivity index (χ2n) is 8.34. The number of aromatic nitrogens is 2. The number of para-hydroxylation sites is 1. The molecule has 2 aromatic carbocycles. The highest BCUT2D eigenvalue weighted by molar-refractivity contribution is 5.74. The molecule has 0 bridgehead atoms. The molecule has 6 nitrogen and oxygen atoms in total. The highest BCUT2D eigenvalue weighted by atomic mass is 19.1. The van der Waals surface area contributed by atoms with Gasteiger partial charge in [0.2, 0.25) is 0 Å². The van der Waals surface area contributed by atoms with Crippen molar-refractivity contribution in [2.45, 2.75) is 38.6 Å². The maximum Gasteiger partial charge on any atom is 0.315 e. The van der Waals surface area contributed by atoms with Crippen LogP contribution in [-0.2, 0) is 16.7 Å². The first-order chi connectivity index (χ1) is 15.5. The fourth-order valence-electron chi connectivity index (χ4n) is 4.38. The molecule has 0 atom stereocenters. The minimum atomic E-state index is -0.332. The topological polar surface area (TPSA) is 68.2 Å². The summed E-state index contributed by atoms with van der Waals surface area (Å²) in [4.78, 5) is 12.6. The third-order valence-electron chi connectivity index (χ3n) is 6.34. The van der Waals surface area contributed by atoms with Crippen LogP contribution in [0.3, 0.4) is 0 Å². The number of nitrogens with zero attached hydrogens (tertiary/aromatic N) is 2. The third kappa shape index (κ3) is 4.67. The number of nitrogens with one attached hydrogen (secondary N) is 2. The van der Waals surface area contributed by atoms with E-state index in [-0.39, 0.29) is 17.3 Å². The molecular weight excluding hydrogens is 407 g/mol. The van der Waals surface area contributed by atoms with Crippen LogP contribution in [-0.4, -0.2) is 35.6 Å². The van der Waals surface area contributed by atoms with Crippen LogP contribution < -0.4 is 10.6 Å². The van der Waals surface area contributed by atoms with Crippen LogP contribution in [0.1, 0.15) is 35.4 Å². The standard InChI is InChI=1S/C25H29FN4O2/c1-18-23(19(2)30(29-18)22-9-4-3-5-10-22)16-27-24(31)28-17-25(11-13-32-14-12-25)20-7-6-8-21(26)15-20/h3-10,15H,11-14,16-17H2,1-2H3,(H2,27,28,31). The second kappa shape index (κ2) is 9.53. The molecule has 3 aromatic rings. The smallest absolute Gasteiger partial charge is 0.315 e. The van der Waals surface area contributed by atoms with Gasteiger partial charge in [-0.3, -0.25) is 0 Å². The molecule has 0 unspecified atom stereocenters. The average molecular weight is 437 g/mol. The number of hydrogen-bond acceptors (Lipinski definition) is 3. The molecule has 2 N–H and O–H groups in total. The predicted octanol–water partition coefficient (Wildman–Crippen LogP) is 4.18. The van der Waals surface area contributed by atoms with E-state index in [9.17, 15) is 9.18 Å². The summed E-state index contributed by atoms with van der Waals surface area (Å²) < 4.78 is 21.3. The Morgan fingerprint density at radius 1 is 1.09 bits per heavy atom. The third-order valence-corrected chi connectivity index (χ3v) is 6.34. The van der Waals surface area contributed by atoms with Gasteiger partial charge in [-0.25, -0.2) is 13.9 Å². The summed E-state index contributed by atoms with van der Waals surface area (Å²) in [5.41, 5.74) is 4.43. The molecule has 1 aliphatic heterocycles. The Kier molecular flexibility index (Phi) is 6.55. The van der Waals surface area contributed by atoms with E-state index in [2.05, 4.69) is 15.7 Å². The lowest BCUT2D eigenvalue weighted by Crippen LogP contribution is -2.47. The first-order valence-corrected chi connectivity index (χ1v) is 10.9. The molecule has 1 aliphatic rings. The second-order valence-corrected chi connectivity index (χ2v) is 8.34. The molecule has 1 saturated heterocycles. The zero-order chi connectivity index (χ0) is 22.6. The van der Waals surface area contributed by atoms with Crippen molar-refractivity contribution >= 4 is 6.03 Å². The van der Waals surface area contributed by atoms with E-state index in [1.165, 1.54) is 6.07 Å². The molecule has 0 aliphatic carbocycles. The summed E-state index contributed by atoms with van der Waals surface area (Å²) in [5, 5.41) is 10.6. The molecule has 32 heavy (non-hydrogen) atoms. The first-order valence-electron chi connectivity index (χ1n) is 10.9. The highest BCUT2D eigenvalue weighted by Crippen LogP contribution is 2.34. The normalized spacial score (nSPS) is 15.3. The van der Waals surface area contributed by atoms with Gasteiger partial charge in [-0.1, -0.05) is 30.3 Å². The summed E-state index contributed by atoms with van der Waals surface area (Å²) in [5.74, 6) is -0.265. The lowest BCUT2D eigenvalue weighted by atomic mass is 9.74. The van der Waals surface area contributed by atoms with Gasteiger partial charge in [0.1, 0.15) is 5.82 Å². The maximum atomic E-state index is 13.9. The molecule has 2 amide bonds. The lowest BCUT2D eigenvalue weighted by Gasteiger charge is -2.38. The van der Waals surface area contributed by atoms with Gasteiger partial charge in [-0.05, 0) is 56.5 Å². The first kappa shape index (κ1) is 22.0. The van der Waals surface area contributed by atoms with Crippen LogP contribution in [0.25, 0.3) is 5.69 Å². The van der Waals surface area contributed by atoms with Gasteiger partial charge in [0.05, 0.1) is 11.4 Å². The number of aryl methyl sites for hydroxylation is 1. The van der Waals surface area contributed by atoms with Gasteiger partial charge in [0.25, 0.3) is 0 Å². The predicted molar refractivity (Wildman–Crippen MR) is 121 cm³/mol. The van der Waals surface area contributed by atoms with E-state index in [0.29, 0.717) is 26.3 Å². The van der Waals surface area contributed by atoms with E-state index in [1.807, 2.05) is 54.9 Å². The quantitative estimate of drug-likeness (QED) is 0.609. The molecule has 4 rings (SSSR count). The molecule has 2 heterocycles. The molecular formula is C25H29FN4O2. The van der Waals surface area contributed by atoms with Crippen LogP contribution in [0.15, 0.2) is 54.6 Å². The molecule has 0 saturated carbocycles. The van der Waals surface area contributed by atoms with E-state index >= 15 is 0 Å². The zero-order valence-electron chi connectivity index (χ0n) is 18.5. The summed E-state index contributed by atoms with van der Waals surface area (Å²) in [7, 11) is 0. The molecule has 7 heteroatoms. The van der Waals surface area contributed by atoms with Gasteiger partial charge in [0, 0.05) is 43.0 Å². The summed E-state index contributed by atoms with van der Waals surface area (Å²) in [6.45, 7) is 5.94. The Morgan fingerprint density at radius 2 is 1.84 bits per heavy atom. The van der Waals surface area contributed by atoms with Crippen LogP contribution in [0, 0.1) is 19.7 Å². The van der Waals surface area contributed by atoms with Crippen molar-refractivity contribution in [2.24, 2.45) is 0 Å². The lowest BCUT2D eigenvalue weighted by molar-refractivity contribution is 0.0506. The fraction of sp³-hybridized carbons (Fsp3) is 0.360. The molecule has 0 radical (unpaired) electrons. The number of amides is 2. The van der Waals surface area contributed by atoms with Gasteiger partial charge < -0.3 is 15.4 Å². The maximum absolute atomic E-state index is 13.9. The minimum absolute atomic E-state index is 0.251. The number of halogens is 1. The van der Waals surface area contributed by atoms with E-state index in [0.717, 1.165) is 41.0 Å². The molecule has 0 spiro atoms. The van der Waals surface area contributed by atoms with Crippen LogP contribution in [0.5, 0.6) is 0 Å². The Labute approximate surface area is 187 Å². The van der Waals surface area contributed by atoms with Crippen molar-refractivity contribution in [1.29, 1.82) is 0 Å². The van der Waals surface area contributed by atoms with Crippen LogP contribution in [0.4, 0.5) is 9.18 Å². The van der Waals surface area contributed by atoms with Crippen molar-refractivity contribution < 1.29 is 13.9 Å². The number of carbonyl (C=O) groups excluding carboxylic acids is 1. The number of urea groups is 1. The Morgan fingerprint density at radius 3 is 2.56 bits per heavy atom. The minimum Gasteiger partial charge on any atom is -0.381 e. The average Bonchev–Trinajstić information content (AvgIpc) is 3.10. The Hall–Kier alpha value is -3.19. The SMILES string of the molecule is Cc1nn(-c2ccccc2)c(C)c1CNC(=O)NCC1(c2cccc(F)c2)CCOCC1. The number of rotatable bonds is 6. The number of hydrogen-bond donors (Lipinski definition) is 2. The molecule has 1 fully saturated rings. The van der Waals surface area contributed by atoms with Crippen molar-refractivity contribution in [2.75, 3.05) is 19.8 Å². The molecule has 1 aromatic heterocycles. The van der Waals surface area contributed by atoms with Crippen molar-refractivity contribution in [3.8, 4) is 5.69 Å². The van der Waals surface area contributed by atoms with E-state index in [1.54, 1.807) is 12.1 Å². The summed E-state index contributed by atoms with van der Waals surface area (Å²) in [6.07, 6.45) is 1.47. The van der Waals surface area contributed by atoms with Gasteiger partial charge in [-0.2, -0.15) is 5.10 Å². The number of benzene rings is 2.